The molecule has 13 heteroatoms. The van der Waals surface area contributed by atoms with Crippen molar-refractivity contribution in [2.24, 2.45) is 17.1 Å². The summed E-state index contributed by atoms with van der Waals surface area (Å²) < 4.78 is 5.70. The number of carbonyl (C=O) groups excluding carboxylic acids is 4. The van der Waals surface area contributed by atoms with Crippen molar-refractivity contribution >= 4 is 40.0 Å². The van der Waals surface area contributed by atoms with Crippen molar-refractivity contribution in [3.8, 4) is 17.6 Å². The number of phenolic OH excluding ortho intramolecular Hbond substituents is 1. The Morgan fingerprint density at radius 2 is 1.79 bits per heavy atom. The maximum atomic E-state index is 13.1. The highest BCUT2D eigenvalue weighted by Crippen LogP contribution is 2.22. The van der Waals surface area contributed by atoms with Gasteiger partial charge in [0, 0.05) is 36.3 Å². The largest absolute Gasteiger partial charge is 0.507 e. The van der Waals surface area contributed by atoms with E-state index in [-0.39, 0.29) is 29.5 Å². The lowest BCUT2D eigenvalue weighted by molar-refractivity contribution is -0.123. The minimum Gasteiger partial charge on any atom is -0.507 e. The van der Waals surface area contributed by atoms with Gasteiger partial charge in [0.05, 0.1) is 28.5 Å². The van der Waals surface area contributed by atoms with E-state index >= 15 is 0 Å². The second kappa shape index (κ2) is 13.8. The van der Waals surface area contributed by atoms with Gasteiger partial charge in [0.25, 0.3) is 11.8 Å². The molecule has 0 fully saturated rings. The third-order valence-corrected chi connectivity index (χ3v) is 7.51. The minimum atomic E-state index is -1.38. The van der Waals surface area contributed by atoms with Crippen LogP contribution in [-0.2, 0) is 27.3 Å². The van der Waals surface area contributed by atoms with Crippen molar-refractivity contribution in [2.75, 3.05) is 17.6 Å². The van der Waals surface area contributed by atoms with Crippen LogP contribution < -0.4 is 16.4 Å². The van der Waals surface area contributed by atoms with E-state index in [9.17, 15) is 24.3 Å². The Morgan fingerprint density at radius 3 is 2.51 bits per heavy atom. The smallest absolute Gasteiger partial charge is 0.284 e. The molecule has 4 rings (SSSR count). The number of amides is 4. The summed E-state index contributed by atoms with van der Waals surface area (Å²) in [6.07, 6.45) is 2.81. The summed E-state index contributed by atoms with van der Waals surface area (Å²) in [6.45, 7) is 1.44. The lowest BCUT2D eigenvalue weighted by Gasteiger charge is -2.10. The lowest BCUT2D eigenvalue weighted by Crippen LogP contribution is -2.35. The van der Waals surface area contributed by atoms with Gasteiger partial charge in [0.1, 0.15) is 11.4 Å². The van der Waals surface area contributed by atoms with Crippen molar-refractivity contribution in [1.29, 1.82) is 0 Å². The van der Waals surface area contributed by atoms with E-state index in [4.69, 9.17) is 5.73 Å². The zero-order valence-electron chi connectivity index (χ0n) is 23.2. The Morgan fingerprint density at radius 1 is 1.02 bits per heavy atom. The number of benzene rings is 2. The average molecular weight is 598 g/mol. The highest BCUT2D eigenvalue weighted by atomic mass is 32.2. The first-order chi connectivity index (χ1) is 20.6. The normalized spacial score (nSPS) is 11.2. The molecule has 4 aromatic rings. The molecular formula is C30H27N7O5S. The number of carbonyl (C=O) groups is 4. The van der Waals surface area contributed by atoms with E-state index in [0.717, 1.165) is 5.69 Å². The fourth-order valence-corrected chi connectivity index (χ4v) is 5.31. The molecule has 2 aromatic heterocycles. The number of nitrogens with one attached hydrogen (secondary N) is 2. The number of aromatic nitrogens is 3. The number of primary amides is 1. The van der Waals surface area contributed by atoms with Crippen molar-refractivity contribution in [3.05, 3.63) is 101 Å². The number of nitrogens with two attached hydrogens (primary N) is 1. The molecule has 0 aliphatic heterocycles. The van der Waals surface area contributed by atoms with Crippen LogP contribution in [0.4, 0.5) is 5.69 Å². The number of aryl methyl sites for hydroxylation is 2. The minimum absolute atomic E-state index is 0.128. The Kier molecular flexibility index (Phi) is 9.77. The molecule has 2 aromatic carbocycles. The zero-order chi connectivity index (χ0) is 30.9. The first kappa shape index (κ1) is 30.4. The Hall–Kier alpha value is -5.61. The van der Waals surface area contributed by atoms with Gasteiger partial charge in [0.15, 0.2) is 0 Å². The summed E-state index contributed by atoms with van der Waals surface area (Å²) in [4.78, 5) is 53.6. The number of hydrogen-bond donors (Lipinski definition) is 4. The molecule has 0 aliphatic carbocycles. The first-order valence-corrected chi connectivity index (χ1v) is 14.1. The summed E-state index contributed by atoms with van der Waals surface area (Å²) in [6, 6.07) is 16.4. The van der Waals surface area contributed by atoms with Gasteiger partial charge in [-0.3, -0.25) is 28.8 Å². The topological polar surface area (TPSA) is 182 Å². The molecule has 0 radical (unpaired) electrons. The van der Waals surface area contributed by atoms with Crippen LogP contribution in [-0.4, -0.2) is 55.8 Å². The van der Waals surface area contributed by atoms with E-state index in [1.165, 1.54) is 29.2 Å². The first-order valence-electron chi connectivity index (χ1n) is 12.8. The molecule has 0 saturated heterocycles. The molecule has 4 amide bonds. The molecule has 1 unspecified atom stereocenters. The third-order valence-electron chi connectivity index (χ3n) is 5.73. The Balaban J connectivity index is 1.53. The van der Waals surface area contributed by atoms with Gasteiger partial charge in [-0.05, 0) is 60.1 Å². The van der Waals surface area contributed by atoms with Crippen molar-refractivity contribution in [3.63, 3.8) is 0 Å². The summed E-state index contributed by atoms with van der Waals surface area (Å²) in [7, 11) is 0.315. The molecule has 0 spiro atoms. The maximum absolute atomic E-state index is 13.1. The molecule has 5 N–H and O–H groups in total. The molecular weight excluding hydrogens is 570 g/mol. The van der Waals surface area contributed by atoms with E-state index < -0.39 is 28.4 Å². The van der Waals surface area contributed by atoms with Gasteiger partial charge >= 0.3 is 0 Å². The predicted octanol–water partition coefficient (Wildman–Crippen LogP) is 2.08. The fourth-order valence-electron chi connectivity index (χ4n) is 3.79. The zero-order valence-corrected chi connectivity index (χ0v) is 24.0. The lowest BCUT2D eigenvalue weighted by atomic mass is 10.1. The van der Waals surface area contributed by atoms with Crippen LogP contribution in [0.15, 0.2) is 82.3 Å². The predicted molar refractivity (Wildman–Crippen MR) is 160 cm³/mol. The van der Waals surface area contributed by atoms with E-state index in [2.05, 4.69) is 36.9 Å². The highest BCUT2D eigenvalue weighted by molar-refractivity contribution is 7.88. The van der Waals surface area contributed by atoms with Crippen LogP contribution in [0.2, 0.25) is 0 Å². The SMILES string of the molecule is Cc1cc(C(=O)Nc2cccc(C#Cc3cncc(C(=O)N=S(CC(=O)NCC(N)=O)c4ccccc4O)c3)c2)n(C)n1. The van der Waals surface area contributed by atoms with Gasteiger partial charge in [-0.1, -0.05) is 30.0 Å². The summed E-state index contributed by atoms with van der Waals surface area (Å²) >= 11 is 0. The number of para-hydroxylation sites is 1. The third kappa shape index (κ3) is 8.44. The van der Waals surface area contributed by atoms with Crippen molar-refractivity contribution in [1.82, 2.24) is 20.1 Å². The van der Waals surface area contributed by atoms with Gasteiger partial charge < -0.3 is 21.5 Å². The standard InChI is InChI=1S/C30H27N7O5S/c1-19-12-24(37(2)35-19)30(42)34-23-7-5-6-20(14-23)10-11-21-13-22(16-32-15-21)29(41)36-43(18-28(40)33-17-27(31)39)26-9-4-3-8-25(26)38/h3-9,12-16,38H,17-18H2,1-2H3,(H2,31,39)(H,33,40)(H,34,42). The molecule has 2 heterocycles. The molecule has 0 aliphatic rings. The molecule has 0 saturated carbocycles. The molecule has 1 atom stereocenters. The number of hydrogen-bond acceptors (Lipinski definition) is 7. The number of aromatic hydroxyl groups is 1. The second-order valence-corrected chi connectivity index (χ2v) is 10.8. The Labute approximate surface area is 249 Å². The highest BCUT2D eigenvalue weighted by Gasteiger charge is 2.16. The Bertz CT molecular complexity index is 1820. The van der Waals surface area contributed by atoms with Crippen molar-refractivity contribution < 1.29 is 24.3 Å². The quantitative estimate of drug-likeness (QED) is 0.224. The number of rotatable bonds is 8. The second-order valence-electron chi connectivity index (χ2n) is 9.16. The molecule has 218 valence electrons. The summed E-state index contributed by atoms with van der Waals surface area (Å²) in [5.41, 5.74) is 7.96. The van der Waals surface area contributed by atoms with Gasteiger partial charge in [0.2, 0.25) is 11.8 Å². The number of pyridine rings is 1. The van der Waals surface area contributed by atoms with Crippen LogP contribution >= 0.6 is 0 Å². The van der Waals surface area contributed by atoms with Crippen LogP contribution in [0.3, 0.4) is 0 Å². The van der Waals surface area contributed by atoms with Crippen LogP contribution in [0, 0.1) is 18.8 Å². The van der Waals surface area contributed by atoms with E-state index in [1.54, 1.807) is 62.5 Å². The monoisotopic (exact) mass is 597 g/mol. The van der Waals surface area contributed by atoms with Crippen molar-refractivity contribution in [2.45, 2.75) is 11.8 Å². The van der Waals surface area contributed by atoms with Gasteiger partial charge in [-0.25, -0.2) is 0 Å². The maximum Gasteiger partial charge on any atom is 0.284 e. The van der Waals surface area contributed by atoms with Crippen LogP contribution in [0.5, 0.6) is 5.75 Å². The number of nitrogens with zero attached hydrogens (tertiary/aromatic N) is 4. The van der Waals surface area contributed by atoms with Gasteiger partial charge in [-0.15, -0.1) is 0 Å². The van der Waals surface area contributed by atoms with Crippen LogP contribution in [0.25, 0.3) is 0 Å². The number of anilines is 1. The molecule has 12 nitrogen and oxygen atoms in total. The summed E-state index contributed by atoms with van der Waals surface area (Å²) in [5, 5.41) is 19.7. The fraction of sp³-hybridized carbons (Fsp3) is 0.133. The van der Waals surface area contributed by atoms with E-state index in [1.807, 2.05) is 0 Å². The van der Waals surface area contributed by atoms with Crippen LogP contribution in [0.1, 0.15) is 37.7 Å². The molecule has 0 bridgehead atoms. The molecule has 43 heavy (non-hydrogen) atoms. The van der Waals surface area contributed by atoms with E-state index in [0.29, 0.717) is 27.4 Å². The average Bonchev–Trinajstić information content (AvgIpc) is 3.33. The number of phenols is 1. The summed E-state index contributed by atoms with van der Waals surface area (Å²) in [5.74, 6) is 3.29. The van der Waals surface area contributed by atoms with Gasteiger partial charge in [-0.2, -0.15) is 9.46 Å².